The van der Waals surface area contributed by atoms with Crippen molar-refractivity contribution in [3.63, 3.8) is 0 Å². The molecule has 1 amide bonds. The van der Waals surface area contributed by atoms with E-state index in [4.69, 9.17) is 23.2 Å². The topological polar surface area (TPSA) is 33.5 Å². The summed E-state index contributed by atoms with van der Waals surface area (Å²) >= 11 is 12.0. The second kappa shape index (κ2) is 7.82. The number of quaternary nitrogens is 1. The van der Waals surface area contributed by atoms with Gasteiger partial charge in [-0.15, -0.1) is 0 Å². The average molecular weight is 352 g/mol. The van der Waals surface area contributed by atoms with Crippen LogP contribution in [0.15, 0.2) is 42.5 Å². The molecule has 0 aliphatic rings. The molecule has 2 aromatic rings. The van der Waals surface area contributed by atoms with Gasteiger partial charge in [0, 0.05) is 10.6 Å². The number of nitrogens with one attached hydrogen (secondary N) is 2. The first-order valence-corrected chi connectivity index (χ1v) is 8.26. The van der Waals surface area contributed by atoms with Gasteiger partial charge in [0.2, 0.25) is 0 Å². The largest absolute Gasteiger partial charge is 0.324 e. The van der Waals surface area contributed by atoms with E-state index in [0.717, 1.165) is 11.4 Å². The number of amides is 1. The highest BCUT2D eigenvalue weighted by Crippen LogP contribution is 2.25. The van der Waals surface area contributed by atoms with Gasteiger partial charge in [-0.1, -0.05) is 53.0 Å². The molecule has 0 aliphatic heterocycles. The number of rotatable bonds is 5. The van der Waals surface area contributed by atoms with Crippen LogP contribution in [0.2, 0.25) is 10.0 Å². The SMILES string of the molecule is Cc1ccc(C[NH+](C)[C@@H](C)C(=O)Nc2cc(Cl)ccc2Cl)cc1. The molecule has 0 saturated heterocycles. The zero-order chi connectivity index (χ0) is 17.0. The van der Waals surface area contributed by atoms with Gasteiger partial charge in [0.15, 0.2) is 6.04 Å². The molecule has 3 nitrogen and oxygen atoms in total. The Kier molecular flexibility index (Phi) is 6.05. The fourth-order valence-electron chi connectivity index (χ4n) is 2.24. The molecule has 0 spiro atoms. The van der Waals surface area contributed by atoms with Gasteiger partial charge in [-0.25, -0.2) is 0 Å². The van der Waals surface area contributed by atoms with Crippen molar-refractivity contribution < 1.29 is 9.69 Å². The first-order valence-electron chi connectivity index (χ1n) is 7.50. The summed E-state index contributed by atoms with van der Waals surface area (Å²) in [6.45, 7) is 4.74. The predicted octanol–water partition coefficient (Wildman–Crippen LogP) is 3.34. The first kappa shape index (κ1) is 17.8. The van der Waals surface area contributed by atoms with E-state index in [0.29, 0.717) is 15.7 Å². The summed E-state index contributed by atoms with van der Waals surface area (Å²) in [5, 5.41) is 3.87. The molecular weight excluding hydrogens is 331 g/mol. The fraction of sp³-hybridized carbons (Fsp3) is 0.278. The number of aryl methyl sites for hydroxylation is 1. The molecule has 0 bridgehead atoms. The number of benzene rings is 2. The molecule has 0 fully saturated rings. The highest BCUT2D eigenvalue weighted by Gasteiger charge is 2.22. The normalized spacial score (nSPS) is 13.4. The number of carbonyl (C=O) groups is 1. The average Bonchev–Trinajstić information content (AvgIpc) is 2.52. The van der Waals surface area contributed by atoms with Crippen molar-refractivity contribution in [2.75, 3.05) is 12.4 Å². The van der Waals surface area contributed by atoms with E-state index >= 15 is 0 Å². The summed E-state index contributed by atoms with van der Waals surface area (Å²) in [4.78, 5) is 13.5. The Morgan fingerprint density at radius 2 is 1.83 bits per heavy atom. The number of likely N-dealkylation sites (N-methyl/N-ethyl adjacent to an activating group) is 1. The van der Waals surface area contributed by atoms with Crippen molar-refractivity contribution in [1.29, 1.82) is 0 Å². The van der Waals surface area contributed by atoms with Crippen LogP contribution < -0.4 is 10.2 Å². The molecule has 2 N–H and O–H groups in total. The van der Waals surface area contributed by atoms with Gasteiger partial charge in [0.25, 0.3) is 5.91 Å². The highest BCUT2D eigenvalue weighted by molar-refractivity contribution is 6.35. The van der Waals surface area contributed by atoms with Crippen molar-refractivity contribution in [3.8, 4) is 0 Å². The monoisotopic (exact) mass is 351 g/mol. The highest BCUT2D eigenvalue weighted by atomic mass is 35.5. The van der Waals surface area contributed by atoms with Crippen molar-refractivity contribution >= 4 is 34.8 Å². The van der Waals surface area contributed by atoms with Crippen LogP contribution in [0.25, 0.3) is 0 Å². The minimum atomic E-state index is -0.216. The zero-order valence-corrected chi connectivity index (χ0v) is 15.0. The molecule has 2 aromatic carbocycles. The summed E-state index contributed by atoms with van der Waals surface area (Å²) in [7, 11) is 2.00. The molecule has 0 aliphatic carbocycles. The standard InChI is InChI=1S/C18H20Cl2N2O/c1-12-4-6-14(7-5-12)11-22(3)13(2)18(23)21-17-10-15(19)8-9-16(17)20/h4-10,13H,11H2,1-3H3,(H,21,23)/p+1/t13-/m0/s1. The van der Waals surface area contributed by atoms with Crippen LogP contribution in [-0.4, -0.2) is 19.0 Å². The molecule has 0 aromatic heterocycles. The number of hydrogen-bond acceptors (Lipinski definition) is 1. The Hall–Kier alpha value is -1.55. The lowest BCUT2D eigenvalue weighted by Crippen LogP contribution is -3.12. The van der Waals surface area contributed by atoms with Gasteiger partial charge in [0.1, 0.15) is 6.54 Å². The molecule has 2 atom stereocenters. The number of halogens is 2. The van der Waals surface area contributed by atoms with Crippen LogP contribution in [0, 0.1) is 6.92 Å². The minimum absolute atomic E-state index is 0.0845. The molecule has 1 unspecified atom stereocenters. The van der Waals surface area contributed by atoms with Gasteiger partial charge in [-0.05, 0) is 32.0 Å². The van der Waals surface area contributed by atoms with E-state index in [1.54, 1.807) is 18.2 Å². The number of carbonyl (C=O) groups excluding carboxylic acids is 1. The lowest BCUT2D eigenvalue weighted by atomic mass is 10.1. The van der Waals surface area contributed by atoms with Crippen molar-refractivity contribution in [2.45, 2.75) is 26.4 Å². The van der Waals surface area contributed by atoms with Gasteiger partial charge < -0.3 is 10.2 Å². The summed E-state index contributed by atoms with van der Waals surface area (Å²) < 4.78 is 0. The van der Waals surface area contributed by atoms with E-state index in [1.165, 1.54) is 11.1 Å². The van der Waals surface area contributed by atoms with Crippen LogP contribution in [-0.2, 0) is 11.3 Å². The van der Waals surface area contributed by atoms with Crippen molar-refractivity contribution in [1.82, 2.24) is 0 Å². The molecule has 0 saturated carbocycles. The number of anilines is 1. The Balaban J connectivity index is 2.00. The van der Waals surface area contributed by atoms with Gasteiger partial charge >= 0.3 is 0 Å². The molecule has 0 heterocycles. The van der Waals surface area contributed by atoms with E-state index in [9.17, 15) is 4.79 Å². The Labute approximate surface area is 147 Å². The van der Waals surface area contributed by atoms with Crippen LogP contribution in [0.3, 0.4) is 0 Å². The van der Waals surface area contributed by atoms with E-state index in [-0.39, 0.29) is 11.9 Å². The van der Waals surface area contributed by atoms with Crippen LogP contribution >= 0.6 is 23.2 Å². The van der Waals surface area contributed by atoms with E-state index in [1.807, 2.05) is 14.0 Å². The lowest BCUT2D eigenvalue weighted by molar-refractivity contribution is -0.907. The van der Waals surface area contributed by atoms with Crippen molar-refractivity contribution in [2.24, 2.45) is 0 Å². The third kappa shape index (κ3) is 4.96. The molecule has 122 valence electrons. The smallest absolute Gasteiger partial charge is 0.282 e. The maximum atomic E-state index is 12.4. The molecular formula is C18H21Cl2N2O+. The Morgan fingerprint density at radius 3 is 2.48 bits per heavy atom. The van der Waals surface area contributed by atoms with Crippen molar-refractivity contribution in [3.05, 3.63) is 63.6 Å². The summed E-state index contributed by atoms with van der Waals surface area (Å²) in [6, 6.07) is 13.2. The zero-order valence-electron chi connectivity index (χ0n) is 13.5. The molecule has 23 heavy (non-hydrogen) atoms. The lowest BCUT2D eigenvalue weighted by Gasteiger charge is -2.21. The summed E-state index contributed by atoms with van der Waals surface area (Å²) in [6.07, 6.45) is 0. The molecule has 2 rings (SSSR count). The van der Waals surface area contributed by atoms with Crippen LogP contribution in [0.1, 0.15) is 18.1 Å². The Morgan fingerprint density at radius 1 is 1.17 bits per heavy atom. The first-order chi connectivity index (χ1) is 10.9. The van der Waals surface area contributed by atoms with Crippen LogP contribution in [0.5, 0.6) is 0 Å². The summed E-state index contributed by atoms with van der Waals surface area (Å²) in [5.74, 6) is -0.0845. The third-order valence-corrected chi connectivity index (χ3v) is 4.49. The molecule has 0 radical (unpaired) electrons. The maximum Gasteiger partial charge on any atom is 0.282 e. The van der Waals surface area contributed by atoms with Gasteiger partial charge in [0.05, 0.1) is 17.8 Å². The second-order valence-electron chi connectivity index (χ2n) is 5.84. The van der Waals surface area contributed by atoms with Crippen LogP contribution in [0.4, 0.5) is 5.69 Å². The summed E-state index contributed by atoms with van der Waals surface area (Å²) in [5.41, 5.74) is 2.97. The number of hydrogen-bond donors (Lipinski definition) is 2. The predicted molar refractivity (Wildman–Crippen MR) is 96.3 cm³/mol. The quantitative estimate of drug-likeness (QED) is 0.850. The van der Waals surface area contributed by atoms with E-state index in [2.05, 4.69) is 36.5 Å². The Bertz CT molecular complexity index is 686. The molecule has 5 heteroatoms. The fourth-order valence-corrected chi connectivity index (χ4v) is 2.58. The van der Waals surface area contributed by atoms with E-state index < -0.39 is 0 Å². The minimum Gasteiger partial charge on any atom is -0.324 e. The maximum absolute atomic E-state index is 12.4. The second-order valence-corrected chi connectivity index (χ2v) is 6.69. The third-order valence-electron chi connectivity index (χ3n) is 3.92. The van der Waals surface area contributed by atoms with Gasteiger partial charge in [-0.2, -0.15) is 0 Å². The van der Waals surface area contributed by atoms with Gasteiger partial charge in [-0.3, -0.25) is 4.79 Å².